The van der Waals surface area contributed by atoms with Gasteiger partial charge >= 0.3 is 5.97 Å². The highest BCUT2D eigenvalue weighted by atomic mass is 79.9. The summed E-state index contributed by atoms with van der Waals surface area (Å²) >= 11 is 3.07. The lowest BCUT2D eigenvalue weighted by Crippen LogP contribution is -2.29. The van der Waals surface area contributed by atoms with Crippen molar-refractivity contribution in [3.8, 4) is 0 Å². The summed E-state index contributed by atoms with van der Waals surface area (Å²) in [6, 6.07) is 3.01. The van der Waals surface area contributed by atoms with Crippen molar-refractivity contribution < 1.29 is 19.5 Å². The predicted octanol–water partition coefficient (Wildman–Crippen LogP) is 0.380. The normalized spacial score (nSPS) is 18.7. The Morgan fingerprint density at radius 3 is 2.68 bits per heavy atom. The number of halogens is 1. The number of pyridine rings is 1. The molecule has 1 aliphatic heterocycles. The number of hydrogen-bond acceptors (Lipinski definition) is 4. The highest BCUT2D eigenvalue weighted by Gasteiger charge is 2.34. The van der Waals surface area contributed by atoms with Crippen LogP contribution < -0.4 is 10.6 Å². The van der Waals surface area contributed by atoms with E-state index in [2.05, 4.69) is 20.9 Å². The quantitative estimate of drug-likeness (QED) is 0.833. The predicted molar refractivity (Wildman–Crippen MR) is 68.6 cm³/mol. The molecule has 1 aliphatic rings. The molecule has 0 aliphatic carbocycles. The summed E-state index contributed by atoms with van der Waals surface area (Å²) in [6.45, 7) is 0.127. The molecule has 1 aromatic rings. The van der Waals surface area contributed by atoms with Crippen LogP contribution in [0.5, 0.6) is 0 Å². The number of hydrogen-bond donors (Lipinski definition) is 2. The molecule has 0 aromatic carbocycles. The molecule has 2 rings (SSSR count). The third kappa shape index (κ3) is 2.58. The zero-order chi connectivity index (χ0) is 14.2. The molecule has 19 heavy (non-hydrogen) atoms. The molecule has 1 fully saturated rings. The van der Waals surface area contributed by atoms with Gasteiger partial charge in [-0.15, -0.1) is 0 Å². The number of nitrogens with zero attached hydrogens (tertiary/aromatic N) is 2. The van der Waals surface area contributed by atoms with Gasteiger partial charge in [-0.1, -0.05) is 0 Å². The Balaban J connectivity index is 2.33. The first-order valence-corrected chi connectivity index (χ1v) is 6.19. The summed E-state index contributed by atoms with van der Waals surface area (Å²) < 4.78 is 0.321. The summed E-state index contributed by atoms with van der Waals surface area (Å²) in [5.74, 6) is -2.41. The molecule has 1 atom stereocenters. The van der Waals surface area contributed by atoms with Crippen molar-refractivity contribution in [1.82, 2.24) is 4.98 Å². The topological polar surface area (TPSA) is 114 Å². The van der Waals surface area contributed by atoms with Crippen LogP contribution in [0.3, 0.4) is 0 Å². The van der Waals surface area contributed by atoms with Gasteiger partial charge in [0, 0.05) is 13.0 Å². The van der Waals surface area contributed by atoms with E-state index in [9.17, 15) is 14.4 Å². The van der Waals surface area contributed by atoms with Crippen LogP contribution in [0.2, 0.25) is 0 Å². The minimum Gasteiger partial charge on any atom is -0.476 e. The molecule has 0 radical (unpaired) electrons. The number of amides is 2. The first-order valence-electron chi connectivity index (χ1n) is 5.39. The minimum atomic E-state index is -1.20. The van der Waals surface area contributed by atoms with E-state index >= 15 is 0 Å². The molecule has 0 saturated carbocycles. The zero-order valence-electron chi connectivity index (χ0n) is 9.67. The first kappa shape index (κ1) is 13.5. The number of carboxylic acids is 1. The second-order valence-corrected chi connectivity index (χ2v) is 4.97. The van der Waals surface area contributed by atoms with E-state index < -0.39 is 17.8 Å². The number of carbonyl (C=O) groups excluding carboxylic acids is 2. The Labute approximate surface area is 116 Å². The average Bonchev–Trinajstić information content (AvgIpc) is 2.72. The van der Waals surface area contributed by atoms with Crippen molar-refractivity contribution in [3.05, 3.63) is 22.3 Å². The molecule has 2 amide bonds. The van der Waals surface area contributed by atoms with Gasteiger partial charge < -0.3 is 10.8 Å². The SMILES string of the molecule is NC(=O)C1CC(=O)N(c2ccc(Br)c(C(=O)O)n2)C1. The third-order valence-electron chi connectivity index (χ3n) is 2.84. The van der Waals surface area contributed by atoms with Crippen LogP contribution in [0.15, 0.2) is 16.6 Å². The van der Waals surface area contributed by atoms with E-state index in [-0.39, 0.29) is 30.4 Å². The fourth-order valence-corrected chi connectivity index (χ4v) is 2.24. The number of primary amides is 1. The highest BCUT2D eigenvalue weighted by molar-refractivity contribution is 9.10. The summed E-state index contributed by atoms with van der Waals surface area (Å²) in [5, 5.41) is 8.97. The van der Waals surface area contributed by atoms with Gasteiger partial charge in [0.25, 0.3) is 0 Å². The maximum absolute atomic E-state index is 11.8. The van der Waals surface area contributed by atoms with Crippen LogP contribution in [0.25, 0.3) is 0 Å². The standard InChI is InChI=1S/C11H10BrN3O4/c12-6-1-2-7(14-9(6)11(18)19)15-4-5(10(13)17)3-8(15)16/h1-2,5H,3-4H2,(H2,13,17)(H,18,19). The van der Waals surface area contributed by atoms with Crippen LogP contribution in [0, 0.1) is 5.92 Å². The van der Waals surface area contributed by atoms with Crippen LogP contribution in [-0.2, 0) is 9.59 Å². The van der Waals surface area contributed by atoms with Gasteiger partial charge in [-0.05, 0) is 28.1 Å². The summed E-state index contributed by atoms with van der Waals surface area (Å²) in [7, 11) is 0. The summed E-state index contributed by atoms with van der Waals surface area (Å²) in [4.78, 5) is 39.0. The van der Waals surface area contributed by atoms with Gasteiger partial charge in [0.15, 0.2) is 5.69 Å². The van der Waals surface area contributed by atoms with Gasteiger partial charge in [-0.2, -0.15) is 0 Å². The second-order valence-electron chi connectivity index (χ2n) is 4.11. The Hall–Kier alpha value is -1.96. The zero-order valence-corrected chi connectivity index (χ0v) is 11.3. The van der Waals surface area contributed by atoms with Crippen molar-refractivity contribution in [3.63, 3.8) is 0 Å². The molecule has 1 saturated heterocycles. The van der Waals surface area contributed by atoms with Gasteiger partial charge in [0.1, 0.15) is 5.82 Å². The monoisotopic (exact) mass is 327 g/mol. The van der Waals surface area contributed by atoms with E-state index in [1.54, 1.807) is 0 Å². The summed E-state index contributed by atoms with van der Waals surface area (Å²) in [6.07, 6.45) is 0.0233. The van der Waals surface area contributed by atoms with Gasteiger partial charge in [-0.25, -0.2) is 9.78 Å². The van der Waals surface area contributed by atoms with E-state index in [1.807, 2.05) is 0 Å². The van der Waals surface area contributed by atoms with E-state index in [4.69, 9.17) is 10.8 Å². The molecule has 1 unspecified atom stereocenters. The van der Waals surface area contributed by atoms with E-state index in [0.29, 0.717) is 4.47 Å². The largest absolute Gasteiger partial charge is 0.476 e. The molecule has 0 spiro atoms. The van der Waals surface area contributed by atoms with Crippen molar-refractivity contribution in [2.24, 2.45) is 11.7 Å². The highest BCUT2D eigenvalue weighted by Crippen LogP contribution is 2.26. The fourth-order valence-electron chi connectivity index (χ4n) is 1.85. The van der Waals surface area contributed by atoms with E-state index in [1.165, 1.54) is 17.0 Å². The number of carbonyl (C=O) groups is 3. The fraction of sp³-hybridized carbons (Fsp3) is 0.273. The van der Waals surface area contributed by atoms with Crippen LogP contribution in [0.4, 0.5) is 5.82 Å². The van der Waals surface area contributed by atoms with Crippen molar-refractivity contribution in [1.29, 1.82) is 0 Å². The lowest BCUT2D eigenvalue weighted by atomic mass is 10.1. The number of anilines is 1. The van der Waals surface area contributed by atoms with Crippen LogP contribution in [-0.4, -0.2) is 34.4 Å². The molecule has 3 N–H and O–H groups in total. The lowest BCUT2D eigenvalue weighted by Gasteiger charge is -2.15. The Bertz CT molecular complexity index is 575. The molecule has 2 heterocycles. The van der Waals surface area contributed by atoms with Gasteiger partial charge in [0.05, 0.1) is 10.4 Å². The van der Waals surface area contributed by atoms with Crippen molar-refractivity contribution in [2.45, 2.75) is 6.42 Å². The molecule has 8 heteroatoms. The lowest BCUT2D eigenvalue weighted by molar-refractivity contribution is -0.123. The number of carboxylic acid groups (broad SMARTS) is 1. The Morgan fingerprint density at radius 2 is 2.16 bits per heavy atom. The maximum atomic E-state index is 11.8. The number of nitrogens with two attached hydrogens (primary N) is 1. The van der Waals surface area contributed by atoms with Gasteiger partial charge in [-0.3, -0.25) is 14.5 Å². The molecule has 100 valence electrons. The smallest absolute Gasteiger partial charge is 0.355 e. The van der Waals surface area contributed by atoms with Gasteiger partial charge in [0.2, 0.25) is 11.8 Å². The number of aromatic nitrogens is 1. The van der Waals surface area contributed by atoms with Crippen LogP contribution >= 0.6 is 15.9 Å². The number of aromatic carboxylic acids is 1. The van der Waals surface area contributed by atoms with Crippen LogP contribution in [0.1, 0.15) is 16.9 Å². The average molecular weight is 328 g/mol. The first-order chi connectivity index (χ1) is 8.90. The molecular formula is C11H10BrN3O4. The maximum Gasteiger partial charge on any atom is 0.355 e. The molecule has 0 bridgehead atoms. The minimum absolute atomic E-state index is 0.0233. The third-order valence-corrected chi connectivity index (χ3v) is 3.48. The summed E-state index contributed by atoms with van der Waals surface area (Å²) in [5.41, 5.74) is 4.98. The Kier molecular flexibility index (Phi) is 3.52. The number of rotatable bonds is 3. The molecular weight excluding hydrogens is 318 g/mol. The van der Waals surface area contributed by atoms with E-state index in [0.717, 1.165) is 0 Å². The van der Waals surface area contributed by atoms with Crippen molar-refractivity contribution in [2.75, 3.05) is 11.4 Å². The Morgan fingerprint density at radius 1 is 1.47 bits per heavy atom. The van der Waals surface area contributed by atoms with Crippen molar-refractivity contribution >= 4 is 39.5 Å². The molecule has 1 aromatic heterocycles. The second kappa shape index (κ2) is 4.96. The molecule has 7 nitrogen and oxygen atoms in total.